The van der Waals surface area contributed by atoms with Crippen LogP contribution in [0.2, 0.25) is 0 Å². The number of H-pyrrole nitrogens is 1. The number of carbonyl (C=O) groups excluding carboxylic acids is 1. The second kappa shape index (κ2) is 4.30. The van der Waals surface area contributed by atoms with Crippen LogP contribution in [0.15, 0.2) is 16.9 Å². The molecule has 0 aliphatic carbocycles. The Labute approximate surface area is 102 Å². The Kier molecular flexibility index (Phi) is 2.81. The van der Waals surface area contributed by atoms with E-state index in [2.05, 4.69) is 10.2 Å². The Balaban J connectivity index is 2.85. The van der Waals surface area contributed by atoms with Crippen molar-refractivity contribution in [3.05, 3.63) is 33.6 Å². The average molecular weight is 243 g/mol. The molecule has 0 amide bonds. The number of nitrogens with one attached hydrogen (secondary N) is 1. The lowest BCUT2D eigenvalue weighted by molar-refractivity contribution is -0.132. The first-order chi connectivity index (χ1) is 8.54. The van der Waals surface area contributed by atoms with Gasteiger partial charge in [-0.3, -0.25) is 9.59 Å². The van der Waals surface area contributed by atoms with Crippen molar-refractivity contribution in [2.45, 2.75) is 13.8 Å². The SMILES string of the molecule is CC(=O)Oc1n[nH]c(=O)c2c(C)c(C#N)ccc12. The number of hydrogen-bond acceptors (Lipinski definition) is 5. The topological polar surface area (TPSA) is 95.8 Å². The largest absolute Gasteiger partial charge is 0.405 e. The molecule has 90 valence electrons. The molecule has 1 aromatic heterocycles. The highest BCUT2D eigenvalue weighted by Gasteiger charge is 2.13. The lowest BCUT2D eigenvalue weighted by Gasteiger charge is -2.06. The third-order valence-electron chi connectivity index (χ3n) is 2.54. The van der Waals surface area contributed by atoms with Crippen molar-refractivity contribution in [2.75, 3.05) is 0 Å². The van der Waals surface area contributed by atoms with Crippen molar-refractivity contribution in [3.8, 4) is 11.9 Å². The van der Waals surface area contributed by atoms with Gasteiger partial charge in [0.05, 0.1) is 22.4 Å². The summed E-state index contributed by atoms with van der Waals surface area (Å²) >= 11 is 0. The Hall–Kier alpha value is -2.68. The number of carbonyl (C=O) groups is 1. The van der Waals surface area contributed by atoms with Gasteiger partial charge in [-0.05, 0) is 24.6 Å². The van der Waals surface area contributed by atoms with Gasteiger partial charge in [0.2, 0.25) is 5.88 Å². The van der Waals surface area contributed by atoms with E-state index in [-0.39, 0.29) is 5.88 Å². The van der Waals surface area contributed by atoms with Crippen molar-refractivity contribution in [1.29, 1.82) is 5.26 Å². The van der Waals surface area contributed by atoms with Crippen molar-refractivity contribution >= 4 is 16.7 Å². The zero-order valence-electron chi connectivity index (χ0n) is 9.77. The van der Waals surface area contributed by atoms with Gasteiger partial charge in [0, 0.05) is 6.92 Å². The van der Waals surface area contributed by atoms with Crippen molar-refractivity contribution in [1.82, 2.24) is 10.2 Å². The molecule has 1 N–H and O–H groups in total. The maximum absolute atomic E-state index is 11.7. The summed E-state index contributed by atoms with van der Waals surface area (Å²) in [4.78, 5) is 22.7. The van der Waals surface area contributed by atoms with E-state index >= 15 is 0 Å². The highest BCUT2D eigenvalue weighted by Crippen LogP contribution is 2.24. The van der Waals surface area contributed by atoms with Crippen LogP contribution in [-0.2, 0) is 4.79 Å². The summed E-state index contributed by atoms with van der Waals surface area (Å²) in [5.74, 6) is -0.498. The second-order valence-electron chi connectivity index (χ2n) is 3.72. The van der Waals surface area contributed by atoms with E-state index in [1.165, 1.54) is 6.92 Å². The molecule has 1 heterocycles. The maximum atomic E-state index is 11.7. The van der Waals surface area contributed by atoms with Crippen LogP contribution in [0.1, 0.15) is 18.1 Å². The van der Waals surface area contributed by atoms with Crippen LogP contribution in [0.3, 0.4) is 0 Å². The van der Waals surface area contributed by atoms with Crippen LogP contribution in [0.4, 0.5) is 0 Å². The smallest absolute Gasteiger partial charge is 0.309 e. The Morgan fingerprint density at radius 3 is 2.83 bits per heavy atom. The predicted molar refractivity (Wildman–Crippen MR) is 63.1 cm³/mol. The highest BCUT2D eigenvalue weighted by molar-refractivity contribution is 5.91. The number of nitrogens with zero attached hydrogens (tertiary/aromatic N) is 2. The van der Waals surface area contributed by atoms with Gasteiger partial charge in [-0.15, -0.1) is 5.10 Å². The molecule has 18 heavy (non-hydrogen) atoms. The number of benzene rings is 1. The fourth-order valence-electron chi connectivity index (χ4n) is 1.74. The van der Waals surface area contributed by atoms with Crippen LogP contribution in [0.5, 0.6) is 5.88 Å². The van der Waals surface area contributed by atoms with Crippen molar-refractivity contribution < 1.29 is 9.53 Å². The molecule has 0 spiro atoms. The number of hydrogen-bond donors (Lipinski definition) is 1. The van der Waals surface area contributed by atoms with E-state index in [1.54, 1.807) is 19.1 Å². The molecule has 2 rings (SSSR count). The molecule has 0 bridgehead atoms. The molecule has 2 aromatic rings. The molecule has 6 nitrogen and oxygen atoms in total. The first-order valence-corrected chi connectivity index (χ1v) is 5.15. The minimum atomic E-state index is -0.530. The van der Waals surface area contributed by atoms with Crippen LogP contribution in [0, 0.1) is 18.3 Å². The molecule has 0 fully saturated rings. The summed E-state index contributed by atoms with van der Waals surface area (Å²) in [5.41, 5.74) is 0.510. The van der Waals surface area contributed by atoms with Gasteiger partial charge in [-0.2, -0.15) is 5.26 Å². The Morgan fingerprint density at radius 2 is 2.22 bits per heavy atom. The number of nitriles is 1. The Morgan fingerprint density at radius 1 is 1.50 bits per heavy atom. The molecule has 0 saturated heterocycles. The molecular formula is C12H9N3O3. The molecule has 0 aliphatic rings. The number of aryl methyl sites for hydroxylation is 1. The molecule has 0 unspecified atom stereocenters. The van der Waals surface area contributed by atoms with E-state index < -0.39 is 11.5 Å². The zero-order valence-corrected chi connectivity index (χ0v) is 9.77. The standard InChI is InChI=1S/C12H9N3O3/c1-6-8(5-13)3-4-9-10(6)11(17)14-15-12(9)18-7(2)16/h3-4H,1-2H3,(H,14,17). The van der Waals surface area contributed by atoms with Crippen LogP contribution in [-0.4, -0.2) is 16.2 Å². The summed E-state index contributed by atoms with van der Waals surface area (Å²) in [5, 5.41) is 15.6. The fourth-order valence-corrected chi connectivity index (χ4v) is 1.74. The predicted octanol–water partition coefficient (Wildman–Crippen LogP) is 1.03. The summed E-state index contributed by atoms with van der Waals surface area (Å²) < 4.78 is 4.91. The van der Waals surface area contributed by atoms with Crippen LogP contribution in [0.25, 0.3) is 10.8 Å². The number of rotatable bonds is 1. The van der Waals surface area contributed by atoms with E-state index in [0.717, 1.165) is 0 Å². The van der Waals surface area contributed by atoms with Crippen LogP contribution < -0.4 is 10.3 Å². The third kappa shape index (κ3) is 1.82. The summed E-state index contributed by atoms with van der Waals surface area (Å²) in [6.07, 6.45) is 0. The van der Waals surface area contributed by atoms with E-state index in [0.29, 0.717) is 21.9 Å². The molecular weight excluding hydrogens is 234 g/mol. The maximum Gasteiger partial charge on any atom is 0.309 e. The third-order valence-corrected chi connectivity index (χ3v) is 2.54. The van der Waals surface area contributed by atoms with E-state index in [4.69, 9.17) is 10.00 Å². The lowest BCUT2D eigenvalue weighted by Crippen LogP contribution is -2.13. The number of fused-ring (bicyclic) bond motifs is 1. The normalized spacial score (nSPS) is 10.1. The van der Waals surface area contributed by atoms with Crippen molar-refractivity contribution in [2.24, 2.45) is 0 Å². The van der Waals surface area contributed by atoms with Gasteiger partial charge in [-0.25, -0.2) is 5.10 Å². The summed E-state index contributed by atoms with van der Waals surface area (Å²) in [6, 6.07) is 5.10. The van der Waals surface area contributed by atoms with Crippen LogP contribution >= 0.6 is 0 Å². The first kappa shape index (κ1) is 11.8. The Bertz CT molecular complexity index is 741. The molecule has 0 atom stereocenters. The molecule has 0 aliphatic heterocycles. The zero-order chi connectivity index (χ0) is 13.3. The number of esters is 1. The second-order valence-corrected chi connectivity index (χ2v) is 3.72. The van der Waals surface area contributed by atoms with Gasteiger partial charge >= 0.3 is 5.97 Å². The fraction of sp³-hybridized carbons (Fsp3) is 0.167. The lowest BCUT2D eigenvalue weighted by atomic mass is 10.0. The van der Waals surface area contributed by atoms with E-state index in [9.17, 15) is 9.59 Å². The highest BCUT2D eigenvalue weighted by atomic mass is 16.5. The number of aromatic nitrogens is 2. The minimum absolute atomic E-state index is 0.0321. The van der Waals surface area contributed by atoms with Crippen molar-refractivity contribution in [3.63, 3.8) is 0 Å². The minimum Gasteiger partial charge on any atom is -0.405 e. The quantitative estimate of drug-likeness (QED) is 0.754. The molecule has 0 radical (unpaired) electrons. The number of aromatic amines is 1. The number of ether oxygens (including phenoxy) is 1. The van der Waals surface area contributed by atoms with Gasteiger partial charge in [0.25, 0.3) is 5.56 Å². The van der Waals surface area contributed by atoms with Gasteiger partial charge in [0.1, 0.15) is 0 Å². The van der Waals surface area contributed by atoms with Gasteiger partial charge in [0.15, 0.2) is 0 Å². The first-order valence-electron chi connectivity index (χ1n) is 5.15. The monoisotopic (exact) mass is 243 g/mol. The average Bonchev–Trinajstić information content (AvgIpc) is 2.32. The van der Waals surface area contributed by atoms with Gasteiger partial charge < -0.3 is 4.74 Å². The summed E-state index contributed by atoms with van der Waals surface area (Å²) in [7, 11) is 0. The molecule has 1 aromatic carbocycles. The summed E-state index contributed by atoms with van der Waals surface area (Å²) in [6.45, 7) is 2.91. The van der Waals surface area contributed by atoms with E-state index in [1.807, 2.05) is 6.07 Å². The molecule has 6 heteroatoms. The molecule has 0 saturated carbocycles. The van der Waals surface area contributed by atoms with Gasteiger partial charge in [-0.1, -0.05) is 0 Å².